The third kappa shape index (κ3) is 2.23. The molecule has 1 saturated carbocycles. The fourth-order valence-corrected chi connectivity index (χ4v) is 2.50. The van der Waals surface area contributed by atoms with E-state index in [0.717, 1.165) is 18.5 Å². The molecule has 0 spiro atoms. The predicted octanol–water partition coefficient (Wildman–Crippen LogP) is 1.45. The number of hydrogen-bond donors (Lipinski definition) is 0. The van der Waals surface area contributed by atoms with Crippen molar-refractivity contribution in [1.82, 2.24) is 9.78 Å². The highest BCUT2D eigenvalue weighted by atomic mass is 35.7. The topological polar surface area (TPSA) is 61.2 Å². The van der Waals surface area contributed by atoms with E-state index in [0.29, 0.717) is 5.92 Å². The van der Waals surface area contributed by atoms with Gasteiger partial charge in [-0.3, -0.25) is 4.68 Å². The van der Waals surface area contributed by atoms with E-state index in [4.69, 9.17) is 15.4 Å². The first-order valence-electron chi connectivity index (χ1n) is 4.95. The van der Waals surface area contributed by atoms with E-state index in [1.54, 1.807) is 14.2 Å². The molecule has 1 fully saturated rings. The number of aryl methyl sites for hydroxylation is 1. The van der Waals surface area contributed by atoms with Crippen LogP contribution in [-0.2, 0) is 20.8 Å². The van der Waals surface area contributed by atoms with Crippen LogP contribution >= 0.6 is 10.7 Å². The molecule has 0 saturated heterocycles. The summed E-state index contributed by atoms with van der Waals surface area (Å²) in [6.07, 6.45) is 2.11. The van der Waals surface area contributed by atoms with Crippen LogP contribution in [0.2, 0.25) is 0 Å². The molecule has 0 aromatic carbocycles. The van der Waals surface area contributed by atoms with Crippen LogP contribution in [-0.4, -0.2) is 25.3 Å². The first-order chi connectivity index (χ1) is 7.43. The number of aromatic nitrogens is 2. The highest BCUT2D eigenvalue weighted by Crippen LogP contribution is 2.43. The maximum absolute atomic E-state index is 11.1. The minimum absolute atomic E-state index is 0.0929. The third-order valence-electron chi connectivity index (χ3n) is 2.74. The summed E-state index contributed by atoms with van der Waals surface area (Å²) in [5.41, 5.74) is 0.754. The molecule has 1 aliphatic rings. The van der Waals surface area contributed by atoms with Crippen molar-refractivity contribution in [2.75, 3.05) is 7.11 Å². The Morgan fingerprint density at radius 2 is 2.25 bits per heavy atom. The SMILES string of the molecule is COC(c1cc(S(=O)(=O)Cl)nn1C)C1CC1. The molecule has 0 aliphatic heterocycles. The molecule has 0 N–H and O–H groups in total. The molecular formula is C9H13ClN2O3S. The number of methoxy groups -OCH3 is 1. The molecule has 2 rings (SSSR count). The van der Waals surface area contributed by atoms with Gasteiger partial charge in [-0.25, -0.2) is 8.42 Å². The maximum atomic E-state index is 11.1. The molecule has 5 nitrogen and oxygen atoms in total. The monoisotopic (exact) mass is 264 g/mol. The summed E-state index contributed by atoms with van der Waals surface area (Å²) in [4.78, 5) is 0. The van der Waals surface area contributed by atoms with Crippen LogP contribution < -0.4 is 0 Å². The van der Waals surface area contributed by atoms with Crippen LogP contribution in [0, 0.1) is 5.92 Å². The molecule has 0 radical (unpaired) electrons. The summed E-state index contributed by atoms with van der Waals surface area (Å²) in [6, 6.07) is 1.48. The number of halogens is 1. The van der Waals surface area contributed by atoms with Gasteiger partial charge in [0.2, 0.25) is 0 Å². The zero-order valence-corrected chi connectivity index (χ0v) is 10.6. The highest BCUT2D eigenvalue weighted by molar-refractivity contribution is 8.13. The van der Waals surface area contributed by atoms with Crippen LogP contribution in [0.4, 0.5) is 0 Å². The van der Waals surface area contributed by atoms with Gasteiger partial charge in [-0.05, 0) is 18.8 Å². The van der Waals surface area contributed by atoms with E-state index >= 15 is 0 Å². The van der Waals surface area contributed by atoms with Gasteiger partial charge in [0.05, 0.1) is 5.69 Å². The van der Waals surface area contributed by atoms with Crippen molar-refractivity contribution < 1.29 is 13.2 Å². The van der Waals surface area contributed by atoms with E-state index in [9.17, 15) is 8.42 Å². The molecule has 16 heavy (non-hydrogen) atoms. The molecule has 1 heterocycles. The Balaban J connectivity index is 2.37. The summed E-state index contributed by atoms with van der Waals surface area (Å²) >= 11 is 0. The number of hydrogen-bond acceptors (Lipinski definition) is 4. The molecule has 1 atom stereocenters. The molecule has 0 amide bonds. The van der Waals surface area contributed by atoms with Crippen molar-refractivity contribution in [3.8, 4) is 0 Å². The summed E-state index contributed by atoms with van der Waals surface area (Å²) < 4.78 is 29.2. The fraction of sp³-hybridized carbons (Fsp3) is 0.667. The highest BCUT2D eigenvalue weighted by Gasteiger charge is 2.35. The van der Waals surface area contributed by atoms with Crippen LogP contribution in [0.3, 0.4) is 0 Å². The van der Waals surface area contributed by atoms with Crippen LogP contribution in [0.25, 0.3) is 0 Å². The Morgan fingerprint density at radius 3 is 2.62 bits per heavy atom. The van der Waals surface area contributed by atoms with Gasteiger partial charge in [0.15, 0.2) is 5.03 Å². The average molecular weight is 265 g/mol. The Hall–Kier alpha value is -0.590. The van der Waals surface area contributed by atoms with Gasteiger partial charge in [0.25, 0.3) is 9.05 Å². The van der Waals surface area contributed by atoms with Gasteiger partial charge in [0, 0.05) is 30.9 Å². The number of nitrogens with zero attached hydrogens (tertiary/aromatic N) is 2. The van der Waals surface area contributed by atoms with E-state index in [1.807, 2.05) is 0 Å². The number of rotatable bonds is 4. The normalized spacial score (nSPS) is 18.7. The van der Waals surface area contributed by atoms with Gasteiger partial charge in [-0.15, -0.1) is 0 Å². The van der Waals surface area contributed by atoms with Gasteiger partial charge >= 0.3 is 0 Å². The van der Waals surface area contributed by atoms with Gasteiger partial charge < -0.3 is 4.74 Å². The van der Waals surface area contributed by atoms with Crippen LogP contribution in [0.15, 0.2) is 11.1 Å². The summed E-state index contributed by atoms with van der Waals surface area (Å²) in [6.45, 7) is 0. The van der Waals surface area contributed by atoms with Crippen molar-refractivity contribution in [3.05, 3.63) is 11.8 Å². The Labute approximate surface area is 98.8 Å². The minimum atomic E-state index is -3.77. The molecular weight excluding hydrogens is 252 g/mol. The molecule has 0 bridgehead atoms. The molecule has 1 unspecified atom stereocenters. The molecule has 1 aromatic heterocycles. The van der Waals surface area contributed by atoms with Crippen LogP contribution in [0.1, 0.15) is 24.6 Å². The second kappa shape index (κ2) is 4.01. The van der Waals surface area contributed by atoms with E-state index in [1.165, 1.54) is 10.7 Å². The predicted molar refractivity (Wildman–Crippen MR) is 58.7 cm³/mol. The van der Waals surface area contributed by atoms with Crippen molar-refractivity contribution in [2.45, 2.75) is 24.0 Å². The molecule has 7 heteroatoms. The molecule has 1 aromatic rings. The first-order valence-corrected chi connectivity index (χ1v) is 7.26. The van der Waals surface area contributed by atoms with Gasteiger partial charge in [-0.1, -0.05) is 0 Å². The smallest absolute Gasteiger partial charge is 0.280 e. The molecule has 1 aliphatic carbocycles. The average Bonchev–Trinajstić information content (AvgIpc) is 2.91. The zero-order valence-electron chi connectivity index (χ0n) is 9.05. The van der Waals surface area contributed by atoms with E-state index in [-0.39, 0.29) is 11.1 Å². The Morgan fingerprint density at radius 1 is 1.62 bits per heavy atom. The van der Waals surface area contributed by atoms with Gasteiger partial charge in [0.1, 0.15) is 6.10 Å². The lowest BCUT2D eigenvalue weighted by Crippen LogP contribution is -2.09. The zero-order chi connectivity index (χ0) is 11.9. The Bertz CT molecular complexity index is 493. The standard InChI is InChI=1S/C9H13ClN2O3S/c1-12-7(9(15-2)6-3-4-6)5-8(11-12)16(10,13)14/h5-6,9H,3-4H2,1-2H3. The third-order valence-corrected chi connectivity index (χ3v) is 3.91. The van der Waals surface area contributed by atoms with Crippen molar-refractivity contribution in [1.29, 1.82) is 0 Å². The van der Waals surface area contributed by atoms with E-state index in [2.05, 4.69) is 5.10 Å². The summed E-state index contributed by atoms with van der Waals surface area (Å²) in [5, 5.41) is 3.76. The number of ether oxygens (including phenoxy) is 1. The van der Waals surface area contributed by atoms with Crippen molar-refractivity contribution >= 4 is 19.7 Å². The first kappa shape index (κ1) is 11.9. The minimum Gasteiger partial charge on any atom is -0.375 e. The lowest BCUT2D eigenvalue weighted by atomic mass is 10.1. The second-order valence-corrected chi connectivity index (χ2v) is 6.48. The van der Waals surface area contributed by atoms with Crippen molar-refractivity contribution in [2.24, 2.45) is 13.0 Å². The van der Waals surface area contributed by atoms with Gasteiger partial charge in [-0.2, -0.15) is 5.10 Å². The lowest BCUT2D eigenvalue weighted by Gasteiger charge is -2.13. The van der Waals surface area contributed by atoms with Crippen molar-refractivity contribution in [3.63, 3.8) is 0 Å². The molecule has 90 valence electrons. The Kier molecular flexibility index (Phi) is 2.98. The summed E-state index contributed by atoms with van der Waals surface area (Å²) in [5.74, 6) is 0.464. The second-order valence-electron chi connectivity index (χ2n) is 3.96. The largest absolute Gasteiger partial charge is 0.375 e. The quantitative estimate of drug-likeness (QED) is 0.772. The summed E-state index contributed by atoms with van der Waals surface area (Å²) in [7, 11) is 4.78. The van der Waals surface area contributed by atoms with E-state index < -0.39 is 9.05 Å². The maximum Gasteiger partial charge on any atom is 0.280 e. The lowest BCUT2D eigenvalue weighted by molar-refractivity contribution is 0.0778. The van der Waals surface area contributed by atoms with Crippen LogP contribution in [0.5, 0.6) is 0 Å². The fourth-order valence-electron chi connectivity index (χ4n) is 1.79.